The molecule has 0 fully saturated rings. The lowest BCUT2D eigenvalue weighted by atomic mass is 10.1. The highest BCUT2D eigenvalue weighted by Gasteiger charge is 2.09. The van der Waals surface area contributed by atoms with Crippen molar-refractivity contribution in [1.29, 1.82) is 0 Å². The Bertz CT molecular complexity index is 134. The molecule has 0 saturated carbocycles. The third-order valence-electron chi connectivity index (χ3n) is 2.88. The Kier molecular flexibility index (Phi) is 9.12. The minimum absolute atomic E-state index is 0.669. The summed E-state index contributed by atoms with van der Waals surface area (Å²) in [5.41, 5.74) is 0. The van der Waals surface area contributed by atoms with Crippen molar-refractivity contribution in [3.05, 3.63) is 0 Å². The highest BCUT2D eigenvalue weighted by molar-refractivity contribution is 4.68. The molecule has 2 nitrogen and oxygen atoms in total. The molecule has 0 aromatic carbocycles. The average Bonchev–Trinajstić information content (AvgIpc) is 2.20. The lowest BCUT2D eigenvalue weighted by molar-refractivity contribution is 0.214. The van der Waals surface area contributed by atoms with Crippen LogP contribution in [0.25, 0.3) is 0 Å². The third-order valence-corrected chi connectivity index (χ3v) is 2.88. The van der Waals surface area contributed by atoms with Gasteiger partial charge in [-0.1, -0.05) is 27.7 Å². The molecule has 0 rings (SSSR count). The molecule has 0 aromatic heterocycles. The maximum absolute atomic E-state index is 3.55. The Morgan fingerprint density at radius 2 is 1.80 bits per heavy atom. The normalized spacial score (nSPS) is 13.8. The predicted octanol–water partition coefficient (Wildman–Crippen LogP) is 2.74. The summed E-state index contributed by atoms with van der Waals surface area (Å²) in [6.07, 6.45) is 2.54. The van der Waals surface area contributed by atoms with Crippen LogP contribution in [0, 0.1) is 5.92 Å². The van der Waals surface area contributed by atoms with Crippen LogP contribution in [0.2, 0.25) is 0 Å². The van der Waals surface area contributed by atoms with Gasteiger partial charge < -0.3 is 5.32 Å². The fourth-order valence-corrected chi connectivity index (χ4v) is 1.81. The molecule has 0 bridgehead atoms. The minimum Gasteiger partial charge on any atom is -0.315 e. The monoisotopic (exact) mass is 214 g/mol. The van der Waals surface area contributed by atoms with Gasteiger partial charge in [0.2, 0.25) is 0 Å². The molecule has 0 radical (unpaired) electrons. The van der Waals surface area contributed by atoms with E-state index < -0.39 is 0 Å². The van der Waals surface area contributed by atoms with Crippen LogP contribution < -0.4 is 5.32 Å². The van der Waals surface area contributed by atoms with Crippen LogP contribution in [0.3, 0.4) is 0 Å². The van der Waals surface area contributed by atoms with Gasteiger partial charge in [-0.25, -0.2) is 0 Å². The predicted molar refractivity (Wildman–Crippen MR) is 69.3 cm³/mol. The number of nitrogens with one attached hydrogen (secondary N) is 1. The summed E-state index contributed by atoms with van der Waals surface area (Å²) in [5.74, 6) is 0.811. The van der Waals surface area contributed by atoms with Gasteiger partial charge in [0.1, 0.15) is 0 Å². The highest BCUT2D eigenvalue weighted by Crippen LogP contribution is 2.00. The molecule has 0 amide bonds. The molecule has 0 aromatic rings. The summed E-state index contributed by atoms with van der Waals surface area (Å²) in [4.78, 5) is 2.54. The average molecular weight is 214 g/mol. The van der Waals surface area contributed by atoms with E-state index in [2.05, 4.69) is 44.8 Å². The second-order valence-corrected chi connectivity index (χ2v) is 4.86. The van der Waals surface area contributed by atoms with Crippen LogP contribution in [-0.2, 0) is 0 Å². The van der Waals surface area contributed by atoms with Gasteiger partial charge in [-0.2, -0.15) is 0 Å². The summed E-state index contributed by atoms with van der Waals surface area (Å²) in [6, 6.07) is 0.669. The molecule has 1 atom stereocenters. The van der Waals surface area contributed by atoms with Gasteiger partial charge in [-0.15, -0.1) is 0 Å². The van der Waals surface area contributed by atoms with Gasteiger partial charge in [-0.3, -0.25) is 4.90 Å². The van der Waals surface area contributed by atoms with Crippen molar-refractivity contribution >= 4 is 0 Å². The molecule has 1 N–H and O–H groups in total. The van der Waals surface area contributed by atoms with E-state index in [1.807, 2.05) is 0 Å². The zero-order valence-corrected chi connectivity index (χ0v) is 11.3. The van der Waals surface area contributed by atoms with E-state index >= 15 is 0 Å². The van der Waals surface area contributed by atoms with E-state index in [9.17, 15) is 0 Å². The lowest BCUT2D eigenvalue weighted by Crippen LogP contribution is -2.41. The van der Waals surface area contributed by atoms with E-state index in [4.69, 9.17) is 0 Å². The Morgan fingerprint density at radius 3 is 2.27 bits per heavy atom. The van der Waals surface area contributed by atoms with Crippen LogP contribution >= 0.6 is 0 Å². The zero-order valence-electron chi connectivity index (χ0n) is 11.3. The van der Waals surface area contributed by atoms with Crippen LogP contribution in [0.4, 0.5) is 0 Å². The standard InChI is InChI=1S/C13H30N2/c1-6-10-15(7-2)13(5)11-14-9-8-12(3)4/h12-14H,6-11H2,1-5H3. The molecule has 92 valence electrons. The van der Waals surface area contributed by atoms with Gasteiger partial charge in [0.05, 0.1) is 0 Å². The molecule has 0 aliphatic carbocycles. The number of hydrogen-bond acceptors (Lipinski definition) is 2. The Labute approximate surface area is 96.4 Å². The summed E-state index contributed by atoms with van der Waals surface area (Å²) < 4.78 is 0. The van der Waals surface area contributed by atoms with Crippen molar-refractivity contribution in [2.45, 2.75) is 53.5 Å². The molecule has 0 heterocycles. The highest BCUT2D eigenvalue weighted by atomic mass is 15.2. The van der Waals surface area contributed by atoms with Crippen LogP contribution in [-0.4, -0.2) is 37.1 Å². The number of likely N-dealkylation sites (N-methyl/N-ethyl adjacent to an activating group) is 1. The van der Waals surface area contributed by atoms with Gasteiger partial charge in [0.25, 0.3) is 0 Å². The first-order chi connectivity index (χ1) is 7.11. The van der Waals surface area contributed by atoms with Crippen molar-refractivity contribution in [3.63, 3.8) is 0 Å². The maximum atomic E-state index is 3.55. The van der Waals surface area contributed by atoms with Gasteiger partial charge in [0, 0.05) is 12.6 Å². The molecule has 1 unspecified atom stereocenters. The number of rotatable bonds is 9. The molecule has 15 heavy (non-hydrogen) atoms. The first kappa shape index (κ1) is 14.9. The summed E-state index contributed by atoms with van der Waals surface area (Å²) in [6.45, 7) is 16.1. The van der Waals surface area contributed by atoms with Crippen LogP contribution in [0.15, 0.2) is 0 Å². The maximum Gasteiger partial charge on any atom is 0.0192 e. The molecule has 0 saturated heterocycles. The molecule has 0 aliphatic rings. The van der Waals surface area contributed by atoms with Crippen molar-refractivity contribution in [1.82, 2.24) is 10.2 Å². The quantitative estimate of drug-likeness (QED) is 0.594. The minimum atomic E-state index is 0.669. The number of hydrogen-bond donors (Lipinski definition) is 1. The lowest BCUT2D eigenvalue weighted by Gasteiger charge is -2.27. The van der Waals surface area contributed by atoms with E-state index in [0.29, 0.717) is 6.04 Å². The van der Waals surface area contributed by atoms with Gasteiger partial charge in [0.15, 0.2) is 0 Å². The van der Waals surface area contributed by atoms with Crippen LogP contribution in [0.5, 0.6) is 0 Å². The van der Waals surface area contributed by atoms with Crippen molar-refractivity contribution in [2.24, 2.45) is 5.92 Å². The first-order valence-corrected chi connectivity index (χ1v) is 6.56. The van der Waals surface area contributed by atoms with Crippen molar-refractivity contribution in [3.8, 4) is 0 Å². The van der Waals surface area contributed by atoms with E-state index in [1.165, 1.54) is 25.9 Å². The largest absolute Gasteiger partial charge is 0.315 e. The molecular weight excluding hydrogens is 184 g/mol. The van der Waals surface area contributed by atoms with Crippen LogP contribution in [0.1, 0.15) is 47.5 Å². The van der Waals surface area contributed by atoms with Gasteiger partial charge >= 0.3 is 0 Å². The summed E-state index contributed by atoms with van der Waals surface area (Å²) in [5, 5.41) is 3.55. The van der Waals surface area contributed by atoms with Crippen molar-refractivity contribution < 1.29 is 0 Å². The first-order valence-electron chi connectivity index (χ1n) is 6.56. The third kappa shape index (κ3) is 7.80. The second-order valence-electron chi connectivity index (χ2n) is 4.86. The fraction of sp³-hybridized carbons (Fsp3) is 1.00. The molecular formula is C13H30N2. The molecule has 2 heteroatoms. The van der Waals surface area contributed by atoms with E-state index in [1.54, 1.807) is 0 Å². The Morgan fingerprint density at radius 1 is 1.13 bits per heavy atom. The number of nitrogens with zero attached hydrogens (tertiary/aromatic N) is 1. The summed E-state index contributed by atoms with van der Waals surface area (Å²) >= 11 is 0. The molecule has 0 spiro atoms. The zero-order chi connectivity index (χ0) is 11.7. The van der Waals surface area contributed by atoms with Crippen molar-refractivity contribution in [2.75, 3.05) is 26.2 Å². The summed E-state index contributed by atoms with van der Waals surface area (Å²) in [7, 11) is 0. The van der Waals surface area contributed by atoms with E-state index in [0.717, 1.165) is 19.0 Å². The SMILES string of the molecule is CCCN(CC)C(C)CNCCC(C)C. The second kappa shape index (κ2) is 9.17. The Balaban J connectivity index is 3.56. The van der Waals surface area contributed by atoms with E-state index in [-0.39, 0.29) is 0 Å². The Hall–Kier alpha value is -0.0800. The van der Waals surface area contributed by atoms with Gasteiger partial charge in [-0.05, 0) is 45.3 Å². The topological polar surface area (TPSA) is 15.3 Å². The molecule has 0 aliphatic heterocycles. The smallest absolute Gasteiger partial charge is 0.0192 e. The fourth-order valence-electron chi connectivity index (χ4n) is 1.81.